The largest absolute Gasteiger partial charge is 0.371 e. The number of hydrogen-bond donors (Lipinski definition) is 2. The van der Waals surface area contributed by atoms with E-state index in [1.165, 1.54) is 0 Å². The molecule has 6 nitrogen and oxygen atoms in total. The Bertz CT molecular complexity index is 387. The topological polar surface area (TPSA) is 97.4 Å². The van der Waals surface area contributed by atoms with Gasteiger partial charge in [-0.25, -0.2) is 9.97 Å². The van der Waals surface area contributed by atoms with E-state index in [1.807, 2.05) is 12.1 Å². The van der Waals surface area contributed by atoms with Crippen molar-refractivity contribution in [3.05, 3.63) is 11.4 Å². The van der Waals surface area contributed by atoms with Crippen LogP contribution in [0.25, 0.3) is 0 Å². The molecule has 6 heteroatoms. The summed E-state index contributed by atoms with van der Waals surface area (Å²) < 4.78 is 0. The molecule has 0 aromatic carbocycles. The van der Waals surface area contributed by atoms with Crippen molar-refractivity contribution in [2.24, 2.45) is 0 Å². The lowest BCUT2D eigenvalue weighted by Gasteiger charge is -2.05. The van der Waals surface area contributed by atoms with Crippen LogP contribution in [0.1, 0.15) is 11.4 Å². The Labute approximate surface area is 81.2 Å². The molecule has 1 aromatic heterocycles. The van der Waals surface area contributed by atoms with Gasteiger partial charge in [0.2, 0.25) is 0 Å². The molecule has 0 fully saturated rings. The molecule has 70 valence electrons. The number of anilines is 2. The molecule has 0 aliphatic heterocycles. The number of rotatable bonds is 2. The van der Waals surface area contributed by atoms with E-state index < -0.39 is 0 Å². The highest BCUT2D eigenvalue weighted by Gasteiger charge is 2.10. The fourth-order valence-corrected chi connectivity index (χ4v) is 0.940. The first-order chi connectivity index (χ1) is 6.76. The van der Waals surface area contributed by atoms with Crippen LogP contribution in [-0.4, -0.2) is 24.1 Å². The van der Waals surface area contributed by atoms with Gasteiger partial charge in [0.05, 0.1) is 0 Å². The van der Waals surface area contributed by atoms with Crippen molar-refractivity contribution in [2.75, 3.05) is 24.7 Å². The van der Waals surface area contributed by atoms with Crippen molar-refractivity contribution in [2.45, 2.75) is 0 Å². The number of nitriles is 2. The molecule has 1 aromatic rings. The van der Waals surface area contributed by atoms with Crippen LogP contribution < -0.4 is 10.6 Å². The van der Waals surface area contributed by atoms with Crippen molar-refractivity contribution in [3.8, 4) is 12.1 Å². The van der Waals surface area contributed by atoms with E-state index >= 15 is 0 Å². The minimum absolute atomic E-state index is 0.114. The van der Waals surface area contributed by atoms with Gasteiger partial charge in [-0.05, 0) is 0 Å². The smallest absolute Gasteiger partial charge is 0.184 e. The number of nitrogens with one attached hydrogen (secondary N) is 2. The van der Waals surface area contributed by atoms with E-state index in [0.29, 0.717) is 11.6 Å². The van der Waals surface area contributed by atoms with Crippen molar-refractivity contribution < 1.29 is 0 Å². The van der Waals surface area contributed by atoms with Gasteiger partial charge in [-0.3, -0.25) is 0 Å². The quantitative estimate of drug-likeness (QED) is 0.692. The molecule has 0 radical (unpaired) electrons. The summed E-state index contributed by atoms with van der Waals surface area (Å²) in [5.41, 5.74) is 0.228. The Kier molecular flexibility index (Phi) is 2.82. The molecule has 0 bridgehead atoms. The van der Waals surface area contributed by atoms with E-state index in [-0.39, 0.29) is 11.4 Å². The minimum atomic E-state index is 0.114. The van der Waals surface area contributed by atoms with Crippen LogP contribution in [0.5, 0.6) is 0 Å². The summed E-state index contributed by atoms with van der Waals surface area (Å²) in [7, 11) is 3.27. The Morgan fingerprint density at radius 2 is 1.36 bits per heavy atom. The van der Waals surface area contributed by atoms with Crippen molar-refractivity contribution in [1.82, 2.24) is 9.97 Å². The molecule has 2 N–H and O–H groups in total. The van der Waals surface area contributed by atoms with Crippen molar-refractivity contribution in [1.29, 1.82) is 10.5 Å². The molecule has 0 saturated carbocycles. The minimum Gasteiger partial charge on any atom is -0.371 e. The van der Waals surface area contributed by atoms with Gasteiger partial charge in [-0.1, -0.05) is 0 Å². The lowest BCUT2D eigenvalue weighted by atomic mass is 10.3. The molecule has 0 saturated heterocycles. The van der Waals surface area contributed by atoms with Gasteiger partial charge in [0.25, 0.3) is 0 Å². The monoisotopic (exact) mass is 188 g/mol. The third-order valence-electron chi connectivity index (χ3n) is 1.58. The second-order valence-corrected chi connectivity index (χ2v) is 2.34. The summed E-state index contributed by atoms with van der Waals surface area (Å²) in [6, 6.07) is 3.72. The highest BCUT2D eigenvalue weighted by Crippen LogP contribution is 2.15. The maximum atomic E-state index is 8.71. The third-order valence-corrected chi connectivity index (χ3v) is 1.58. The Morgan fingerprint density at radius 1 is 0.929 bits per heavy atom. The summed E-state index contributed by atoms with van der Waals surface area (Å²) in [5.74, 6) is 0.715. The number of hydrogen-bond acceptors (Lipinski definition) is 6. The number of nitrogens with zero attached hydrogens (tertiary/aromatic N) is 4. The van der Waals surface area contributed by atoms with E-state index in [0.717, 1.165) is 0 Å². The average Bonchev–Trinajstić information content (AvgIpc) is 2.26. The molecular formula is C8H8N6. The Hall–Kier alpha value is -2.34. The lowest BCUT2D eigenvalue weighted by molar-refractivity contribution is 1.12. The number of aromatic nitrogens is 2. The van der Waals surface area contributed by atoms with Crippen molar-refractivity contribution >= 4 is 11.6 Å². The normalized spacial score (nSPS) is 8.57. The highest BCUT2D eigenvalue weighted by molar-refractivity contribution is 5.57. The maximum absolute atomic E-state index is 8.71. The molecule has 0 amide bonds. The van der Waals surface area contributed by atoms with E-state index in [2.05, 4.69) is 20.6 Å². The predicted octanol–water partition coefficient (Wildman–Crippen LogP) is 0.303. The molecule has 1 heterocycles. The molecule has 0 spiro atoms. The van der Waals surface area contributed by atoms with Crippen LogP contribution in [0, 0.1) is 22.7 Å². The van der Waals surface area contributed by atoms with E-state index in [4.69, 9.17) is 10.5 Å². The summed E-state index contributed by atoms with van der Waals surface area (Å²) in [6.07, 6.45) is 0. The zero-order valence-corrected chi connectivity index (χ0v) is 7.79. The Morgan fingerprint density at radius 3 is 1.64 bits per heavy atom. The van der Waals surface area contributed by atoms with Crippen LogP contribution in [0.15, 0.2) is 0 Å². The van der Waals surface area contributed by atoms with E-state index in [1.54, 1.807) is 14.1 Å². The summed E-state index contributed by atoms with van der Waals surface area (Å²) >= 11 is 0. The molecule has 1 rings (SSSR count). The molecule has 0 aliphatic rings. The first-order valence-electron chi connectivity index (χ1n) is 3.84. The summed E-state index contributed by atoms with van der Waals surface area (Å²) in [4.78, 5) is 7.86. The molecule has 0 atom stereocenters. The van der Waals surface area contributed by atoms with Crippen LogP contribution >= 0.6 is 0 Å². The van der Waals surface area contributed by atoms with E-state index in [9.17, 15) is 0 Å². The fraction of sp³-hybridized carbons (Fsp3) is 0.250. The highest BCUT2D eigenvalue weighted by atomic mass is 15.1. The van der Waals surface area contributed by atoms with Crippen LogP contribution in [0.4, 0.5) is 11.6 Å². The zero-order valence-electron chi connectivity index (χ0n) is 7.79. The van der Waals surface area contributed by atoms with Crippen LogP contribution in [-0.2, 0) is 0 Å². The standard InChI is InChI=1S/C8H8N6/c1-11-7-5(3-9)13-6(4-10)8(12-2)14-7/h1-2H3,(H2,11,12,14). The van der Waals surface area contributed by atoms with Gasteiger partial charge >= 0.3 is 0 Å². The average molecular weight is 188 g/mol. The lowest BCUT2D eigenvalue weighted by Crippen LogP contribution is -2.05. The first kappa shape index (κ1) is 9.75. The first-order valence-corrected chi connectivity index (χ1v) is 3.84. The zero-order chi connectivity index (χ0) is 10.6. The van der Waals surface area contributed by atoms with Gasteiger partial charge in [-0.15, -0.1) is 0 Å². The molecular weight excluding hydrogens is 180 g/mol. The fourth-order valence-electron chi connectivity index (χ4n) is 0.940. The van der Waals surface area contributed by atoms with Crippen LogP contribution in [0.3, 0.4) is 0 Å². The second kappa shape index (κ2) is 4.06. The SMILES string of the molecule is CNc1nc(NC)c(C#N)nc1C#N. The predicted molar refractivity (Wildman–Crippen MR) is 50.6 cm³/mol. The van der Waals surface area contributed by atoms with Gasteiger partial charge in [-0.2, -0.15) is 10.5 Å². The van der Waals surface area contributed by atoms with Gasteiger partial charge in [0.1, 0.15) is 12.1 Å². The van der Waals surface area contributed by atoms with Gasteiger partial charge < -0.3 is 10.6 Å². The van der Waals surface area contributed by atoms with Gasteiger partial charge in [0.15, 0.2) is 23.0 Å². The van der Waals surface area contributed by atoms with Crippen molar-refractivity contribution in [3.63, 3.8) is 0 Å². The summed E-state index contributed by atoms with van der Waals surface area (Å²) in [6.45, 7) is 0. The molecule has 0 unspecified atom stereocenters. The van der Waals surface area contributed by atoms with Gasteiger partial charge in [0, 0.05) is 14.1 Å². The van der Waals surface area contributed by atoms with Crippen LogP contribution in [0.2, 0.25) is 0 Å². The molecule has 14 heavy (non-hydrogen) atoms. The second-order valence-electron chi connectivity index (χ2n) is 2.34. The Balaban J connectivity index is 3.39. The summed E-state index contributed by atoms with van der Waals surface area (Å²) in [5, 5.41) is 22.9. The molecule has 0 aliphatic carbocycles. The third kappa shape index (κ3) is 1.54. The maximum Gasteiger partial charge on any atom is 0.184 e.